The van der Waals surface area contributed by atoms with Gasteiger partial charge in [-0.05, 0) is 48.7 Å². The highest BCUT2D eigenvalue weighted by Gasteiger charge is 2.20. The second kappa shape index (κ2) is 10.1. The van der Waals surface area contributed by atoms with Gasteiger partial charge >= 0.3 is 0 Å². The van der Waals surface area contributed by atoms with Crippen molar-refractivity contribution in [3.63, 3.8) is 0 Å². The zero-order chi connectivity index (χ0) is 20.6. The smallest absolute Gasteiger partial charge is 0.234 e. The summed E-state index contributed by atoms with van der Waals surface area (Å²) in [4.78, 5) is 37.8. The number of nitrogens with zero attached hydrogens (tertiary/aromatic N) is 1. The summed E-state index contributed by atoms with van der Waals surface area (Å²) < 4.78 is 0. The summed E-state index contributed by atoms with van der Waals surface area (Å²) in [5.74, 6) is 0.285. The van der Waals surface area contributed by atoms with Gasteiger partial charge in [0.05, 0.1) is 11.5 Å². The molecule has 0 aromatic heterocycles. The molecule has 6 nitrogen and oxygen atoms in total. The number of rotatable bonds is 8. The molecule has 29 heavy (non-hydrogen) atoms. The Morgan fingerprint density at radius 1 is 1.00 bits per heavy atom. The lowest BCUT2D eigenvalue weighted by Crippen LogP contribution is -2.24. The average Bonchev–Trinajstić information content (AvgIpc) is 3.06. The number of carbonyl (C=O) groups excluding carboxylic acids is 3. The summed E-state index contributed by atoms with van der Waals surface area (Å²) in [6, 6.07) is 15.1. The summed E-state index contributed by atoms with van der Waals surface area (Å²) in [6.45, 7) is 3.32. The van der Waals surface area contributed by atoms with Gasteiger partial charge in [-0.2, -0.15) is 0 Å². The highest BCUT2D eigenvalue weighted by Crippen LogP contribution is 2.17. The molecule has 0 aliphatic carbocycles. The number of likely N-dealkylation sites (tertiary alicyclic amines) is 1. The molecule has 1 heterocycles. The van der Waals surface area contributed by atoms with Crippen molar-refractivity contribution >= 4 is 40.9 Å². The maximum Gasteiger partial charge on any atom is 0.234 e. The lowest BCUT2D eigenvalue weighted by molar-refractivity contribution is -0.128. The van der Waals surface area contributed by atoms with Gasteiger partial charge in [-0.3, -0.25) is 14.4 Å². The van der Waals surface area contributed by atoms with Crippen LogP contribution >= 0.6 is 11.8 Å². The maximum atomic E-state index is 12.2. The van der Waals surface area contributed by atoms with E-state index in [0.29, 0.717) is 18.7 Å². The second-order valence-corrected chi connectivity index (χ2v) is 8.06. The van der Waals surface area contributed by atoms with E-state index in [9.17, 15) is 14.4 Å². The van der Waals surface area contributed by atoms with Gasteiger partial charge in [0.1, 0.15) is 0 Å². The van der Waals surface area contributed by atoms with Crippen LogP contribution in [0.3, 0.4) is 0 Å². The average molecular weight is 412 g/mol. The monoisotopic (exact) mass is 411 g/mol. The van der Waals surface area contributed by atoms with Crippen LogP contribution in [0.1, 0.15) is 24.0 Å². The van der Waals surface area contributed by atoms with Gasteiger partial charge in [0.2, 0.25) is 17.7 Å². The largest absolute Gasteiger partial charge is 0.338 e. The zero-order valence-electron chi connectivity index (χ0n) is 16.4. The molecule has 2 aromatic carbocycles. The summed E-state index contributed by atoms with van der Waals surface area (Å²) in [5, 5.41) is 5.68. The SMILES string of the molecule is Cc1cccc(NC(=O)CSCC(=O)Nc2cccc(CN3CCCC3=O)c2)c1. The number of carbonyl (C=O) groups is 3. The molecule has 3 rings (SSSR count). The molecule has 0 spiro atoms. The molecule has 1 aliphatic heterocycles. The minimum absolute atomic E-state index is 0.134. The highest BCUT2D eigenvalue weighted by atomic mass is 32.2. The van der Waals surface area contributed by atoms with Gasteiger partial charge in [-0.15, -0.1) is 11.8 Å². The number of hydrogen-bond donors (Lipinski definition) is 2. The number of nitrogens with one attached hydrogen (secondary N) is 2. The Balaban J connectivity index is 1.41. The Labute approximate surface area is 175 Å². The molecule has 0 atom stereocenters. The molecule has 152 valence electrons. The standard InChI is InChI=1S/C22H25N3O3S/c1-16-5-2-7-18(11-16)23-20(26)14-29-15-21(27)24-19-8-3-6-17(12-19)13-25-10-4-9-22(25)28/h2-3,5-8,11-12H,4,9-10,13-15H2,1H3,(H,23,26)(H,24,27). The zero-order valence-corrected chi connectivity index (χ0v) is 17.3. The summed E-state index contributed by atoms with van der Waals surface area (Å²) >= 11 is 1.27. The van der Waals surface area contributed by atoms with Crippen LogP contribution in [-0.2, 0) is 20.9 Å². The van der Waals surface area contributed by atoms with E-state index in [-0.39, 0.29) is 29.2 Å². The lowest BCUT2D eigenvalue weighted by atomic mass is 10.2. The van der Waals surface area contributed by atoms with E-state index in [4.69, 9.17) is 0 Å². The first-order valence-corrected chi connectivity index (χ1v) is 10.8. The van der Waals surface area contributed by atoms with Crippen LogP contribution in [-0.4, -0.2) is 40.7 Å². The second-order valence-electron chi connectivity index (χ2n) is 7.08. The minimum Gasteiger partial charge on any atom is -0.338 e. The van der Waals surface area contributed by atoms with Crippen molar-refractivity contribution in [3.05, 3.63) is 59.7 Å². The quantitative estimate of drug-likeness (QED) is 0.698. The third-order valence-corrected chi connectivity index (χ3v) is 5.46. The molecule has 0 unspecified atom stereocenters. The molecule has 0 bridgehead atoms. The molecule has 7 heteroatoms. The third kappa shape index (κ3) is 6.64. The Hall–Kier alpha value is -2.80. The number of benzene rings is 2. The first-order valence-electron chi connectivity index (χ1n) is 9.60. The number of aryl methyl sites for hydroxylation is 1. The fourth-order valence-corrected chi connectivity index (χ4v) is 3.81. The summed E-state index contributed by atoms with van der Waals surface area (Å²) in [7, 11) is 0. The van der Waals surface area contributed by atoms with Crippen LogP contribution in [0.4, 0.5) is 11.4 Å². The fourth-order valence-electron chi connectivity index (χ4n) is 3.19. The van der Waals surface area contributed by atoms with Crippen LogP contribution in [0, 0.1) is 6.92 Å². The summed E-state index contributed by atoms with van der Waals surface area (Å²) in [6.07, 6.45) is 1.52. The molecule has 2 aromatic rings. The third-order valence-electron chi connectivity index (χ3n) is 4.52. The van der Waals surface area contributed by atoms with E-state index in [0.717, 1.165) is 29.8 Å². The summed E-state index contributed by atoms with van der Waals surface area (Å²) in [5.41, 5.74) is 3.52. The first-order chi connectivity index (χ1) is 14.0. The minimum atomic E-state index is -0.159. The fraction of sp³-hybridized carbons (Fsp3) is 0.318. The van der Waals surface area contributed by atoms with Crippen LogP contribution in [0.15, 0.2) is 48.5 Å². The number of amides is 3. The molecular formula is C22H25N3O3S. The van der Waals surface area contributed by atoms with E-state index in [1.807, 2.05) is 60.4 Å². The maximum absolute atomic E-state index is 12.2. The Morgan fingerprint density at radius 3 is 2.28 bits per heavy atom. The molecule has 1 saturated heterocycles. The normalized spacial score (nSPS) is 13.4. The highest BCUT2D eigenvalue weighted by molar-refractivity contribution is 8.00. The number of anilines is 2. The van der Waals surface area contributed by atoms with E-state index < -0.39 is 0 Å². The molecular weight excluding hydrogens is 386 g/mol. The van der Waals surface area contributed by atoms with Crippen molar-refractivity contribution in [2.24, 2.45) is 0 Å². The van der Waals surface area contributed by atoms with E-state index >= 15 is 0 Å². The van der Waals surface area contributed by atoms with Crippen molar-refractivity contribution in [2.45, 2.75) is 26.3 Å². The Morgan fingerprint density at radius 2 is 1.66 bits per heavy atom. The van der Waals surface area contributed by atoms with Crippen molar-refractivity contribution in [2.75, 3.05) is 28.7 Å². The molecule has 2 N–H and O–H groups in total. The van der Waals surface area contributed by atoms with Gasteiger partial charge < -0.3 is 15.5 Å². The van der Waals surface area contributed by atoms with Crippen LogP contribution in [0.5, 0.6) is 0 Å². The van der Waals surface area contributed by atoms with Gasteiger partial charge in [-0.1, -0.05) is 24.3 Å². The molecule has 0 radical (unpaired) electrons. The van der Waals surface area contributed by atoms with Crippen LogP contribution in [0.25, 0.3) is 0 Å². The molecule has 1 fully saturated rings. The van der Waals surface area contributed by atoms with Crippen molar-refractivity contribution in [1.82, 2.24) is 4.90 Å². The van der Waals surface area contributed by atoms with Gasteiger partial charge in [0, 0.05) is 30.9 Å². The van der Waals surface area contributed by atoms with Crippen LogP contribution < -0.4 is 10.6 Å². The predicted molar refractivity (Wildman–Crippen MR) is 117 cm³/mol. The number of hydrogen-bond acceptors (Lipinski definition) is 4. The van der Waals surface area contributed by atoms with Crippen LogP contribution in [0.2, 0.25) is 0 Å². The van der Waals surface area contributed by atoms with E-state index in [1.54, 1.807) is 0 Å². The van der Waals surface area contributed by atoms with E-state index in [2.05, 4.69) is 10.6 Å². The topological polar surface area (TPSA) is 78.5 Å². The van der Waals surface area contributed by atoms with Gasteiger partial charge in [0.25, 0.3) is 0 Å². The first kappa shape index (κ1) is 20.9. The Bertz CT molecular complexity index is 900. The predicted octanol–water partition coefficient (Wildman–Crippen LogP) is 3.43. The lowest BCUT2D eigenvalue weighted by Gasteiger charge is -2.16. The molecule has 3 amide bonds. The van der Waals surface area contributed by atoms with Crippen molar-refractivity contribution in [1.29, 1.82) is 0 Å². The van der Waals surface area contributed by atoms with Crippen molar-refractivity contribution in [3.8, 4) is 0 Å². The van der Waals surface area contributed by atoms with E-state index in [1.165, 1.54) is 11.8 Å². The van der Waals surface area contributed by atoms with Gasteiger partial charge in [-0.25, -0.2) is 0 Å². The molecule has 1 aliphatic rings. The molecule has 0 saturated carbocycles. The Kier molecular flexibility index (Phi) is 7.30. The van der Waals surface area contributed by atoms with Crippen molar-refractivity contribution < 1.29 is 14.4 Å². The number of thioether (sulfide) groups is 1. The van der Waals surface area contributed by atoms with Gasteiger partial charge in [0.15, 0.2) is 0 Å².